The Bertz CT molecular complexity index is 524. The smallest absolute Gasteiger partial charge is 0.196 e. The zero-order chi connectivity index (χ0) is 15.0. The Kier molecular flexibility index (Phi) is 3.78. The van der Waals surface area contributed by atoms with Crippen LogP contribution in [-0.4, -0.2) is 30.8 Å². The first-order valence-electron chi connectivity index (χ1n) is 7.00. The van der Waals surface area contributed by atoms with Crippen LogP contribution in [0.2, 0.25) is 0 Å². The molecule has 4 nitrogen and oxygen atoms in total. The molecule has 0 aromatic heterocycles. The maximum absolute atomic E-state index is 6.15. The van der Waals surface area contributed by atoms with E-state index in [9.17, 15) is 0 Å². The van der Waals surface area contributed by atoms with E-state index in [0.717, 1.165) is 12.1 Å². The number of benzene rings is 1. The molecule has 0 amide bonds. The van der Waals surface area contributed by atoms with Crippen molar-refractivity contribution in [1.82, 2.24) is 0 Å². The molecule has 1 aliphatic heterocycles. The van der Waals surface area contributed by atoms with Crippen LogP contribution in [0.15, 0.2) is 29.3 Å². The summed E-state index contributed by atoms with van der Waals surface area (Å²) < 4.78 is 5.60. The molecule has 2 rings (SSSR count). The average Bonchev–Trinajstić information content (AvgIpc) is 2.65. The van der Waals surface area contributed by atoms with Crippen LogP contribution in [0.1, 0.15) is 32.8 Å². The summed E-state index contributed by atoms with van der Waals surface area (Å²) in [7, 11) is 1.75. The van der Waals surface area contributed by atoms with Crippen molar-refractivity contribution in [3.8, 4) is 0 Å². The van der Waals surface area contributed by atoms with Crippen LogP contribution < -0.4 is 10.6 Å². The molecule has 1 aromatic rings. The molecule has 110 valence electrons. The first-order valence-corrected chi connectivity index (χ1v) is 7.00. The van der Waals surface area contributed by atoms with Crippen molar-refractivity contribution < 1.29 is 4.74 Å². The molecule has 4 heteroatoms. The zero-order valence-corrected chi connectivity index (χ0v) is 13.1. The van der Waals surface area contributed by atoms with Gasteiger partial charge in [0.05, 0.1) is 17.7 Å². The van der Waals surface area contributed by atoms with E-state index in [4.69, 9.17) is 10.5 Å². The number of ether oxygens (including phenoxy) is 1. The average molecular weight is 275 g/mol. The third kappa shape index (κ3) is 2.66. The van der Waals surface area contributed by atoms with E-state index in [-0.39, 0.29) is 11.1 Å². The van der Waals surface area contributed by atoms with Gasteiger partial charge in [-0.15, -0.1) is 0 Å². The van der Waals surface area contributed by atoms with E-state index in [1.54, 1.807) is 7.11 Å². The standard InChI is InChI=1S/C16H25N3O/c1-12-8-6-7-9-13(12)19-14(17)18-11-16(19,4)10-15(2,3)20-5/h6-9H,10-11H2,1-5H3,(H2,17,18). The lowest BCUT2D eigenvalue weighted by Crippen LogP contribution is -2.53. The Morgan fingerprint density at radius 1 is 1.40 bits per heavy atom. The highest BCUT2D eigenvalue weighted by Crippen LogP contribution is 2.36. The highest BCUT2D eigenvalue weighted by molar-refractivity contribution is 5.98. The van der Waals surface area contributed by atoms with E-state index in [1.807, 2.05) is 12.1 Å². The molecule has 0 aliphatic carbocycles. The minimum atomic E-state index is -0.212. The summed E-state index contributed by atoms with van der Waals surface area (Å²) in [6.07, 6.45) is 0.856. The fraction of sp³-hybridized carbons (Fsp3) is 0.562. The zero-order valence-electron chi connectivity index (χ0n) is 13.1. The minimum absolute atomic E-state index is 0.157. The summed E-state index contributed by atoms with van der Waals surface area (Å²) in [5.74, 6) is 0.591. The van der Waals surface area contributed by atoms with E-state index in [1.165, 1.54) is 5.56 Å². The molecule has 1 heterocycles. The number of rotatable bonds is 4. The Morgan fingerprint density at radius 3 is 2.65 bits per heavy atom. The van der Waals surface area contributed by atoms with Gasteiger partial charge in [0.2, 0.25) is 0 Å². The lowest BCUT2D eigenvalue weighted by atomic mass is 9.86. The van der Waals surface area contributed by atoms with Crippen molar-refractivity contribution in [2.45, 2.75) is 45.3 Å². The van der Waals surface area contributed by atoms with Crippen LogP contribution in [0, 0.1) is 6.92 Å². The second kappa shape index (κ2) is 5.09. The number of guanidine groups is 1. The number of nitrogens with two attached hydrogens (primary N) is 1. The Morgan fingerprint density at radius 2 is 2.05 bits per heavy atom. The van der Waals surface area contributed by atoms with Crippen molar-refractivity contribution in [3.05, 3.63) is 29.8 Å². The van der Waals surface area contributed by atoms with Crippen LogP contribution >= 0.6 is 0 Å². The molecular weight excluding hydrogens is 250 g/mol. The van der Waals surface area contributed by atoms with Crippen LogP contribution in [0.4, 0.5) is 5.69 Å². The summed E-state index contributed by atoms with van der Waals surface area (Å²) in [4.78, 5) is 6.63. The maximum atomic E-state index is 6.15. The number of para-hydroxylation sites is 1. The maximum Gasteiger partial charge on any atom is 0.196 e. The third-order valence-electron chi connectivity index (χ3n) is 4.07. The number of anilines is 1. The molecule has 1 atom stereocenters. The van der Waals surface area contributed by atoms with Crippen molar-refractivity contribution in [1.29, 1.82) is 0 Å². The van der Waals surface area contributed by atoms with Gasteiger partial charge < -0.3 is 15.4 Å². The largest absolute Gasteiger partial charge is 0.379 e. The van der Waals surface area contributed by atoms with Crippen LogP contribution in [-0.2, 0) is 4.74 Å². The van der Waals surface area contributed by atoms with Gasteiger partial charge in [0, 0.05) is 19.2 Å². The summed E-state index contributed by atoms with van der Waals surface area (Å²) in [5.41, 5.74) is 8.11. The third-order valence-corrected chi connectivity index (χ3v) is 4.07. The second-order valence-corrected chi connectivity index (χ2v) is 6.43. The summed E-state index contributed by atoms with van der Waals surface area (Å²) >= 11 is 0. The van der Waals surface area contributed by atoms with E-state index >= 15 is 0 Å². The fourth-order valence-electron chi connectivity index (χ4n) is 3.02. The number of aryl methyl sites for hydroxylation is 1. The molecular formula is C16H25N3O. The predicted octanol–water partition coefficient (Wildman–Crippen LogP) is 2.70. The van der Waals surface area contributed by atoms with Crippen molar-refractivity contribution >= 4 is 11.6 Å². The Hall–Kier alpha value is -1.55. The Labute approximate surface area is 121 Å². The molecule has 0 bridgehead atoms. The first-order chi connectivity index (χ1) is 9.29. The molecule has 1 unspecified atom stereocenters. The van der Waals surface area contributed by atoms with Gasteiger partial charge in [-0.1, -0.05) is 18.2 Å². The molecule has 0 spiro atoms. The van der Waals surface area contributed by atoms with Gasteiger partial charge in [0.1, 0.15) is 0 Å². The highest BCUT2D eigenvalue weighted by atomic mass is 16.5. The molecule has 1 aromatic carbocycles. The van der Waals surface area contributed by atoms with Gasteiger partial charge in [0.25, 0.3) is 0 Å². The Balaban J connectivity index is 2.38. The minimum Gasteiger partial charge on any atom is -0.379 e. The molecule has 2 N–H and O–H groups in total. The molecule has 1 aliphatic rings. The molecule has 0 radical (unpaired) electrons. The van der Waals surface area contributed by atoms with Gasteiger partial charge in [-0.25, -0.2) is 0 Å². The van der Waals surface area contributed by atoms with E-state index < -0.39 is 0 Å². The quantitative estimate of drug-likeness (QED) is 0.919. The lowest BCUT2D eigenvalue weighted by molar-refractivity contribution is 0.00150. The summed E-state index contributed by atoms with van der Waals surface area (Å²) in [6, 6.07) is 8.28. The van der Waals surface area contributed by atoms with E-state index in [2.05, 4.69) is 49.7 Å². The van der Waals surface area contributed by atoms with Crippen molar-refractivity contribution in [2.75, 3.05) is 18.6 Å². The van der Waals surface area contributed by atoms with Crippen LogP contribution in [0.3, 0.4) is 0 Å². The normalized spacial score (nSPS) is 23.1. The lowest BCUT2D eigenvalue weighted by Gasteiger charge is -2.41. The molecule has 0 saturated carbocycles. The van der Waals surface area contributed by atoms with Crippen molar-refractivity contribution in [3.63, 3.8) is 0 Å². The van der Waals surface area contributed by atoms with Gasteiger partial charge in [-0.05, 0) is 39.3 Å². The molecule has 0 fully saturated rings. The van der Waals surface area contributed by atoms with Gasteiger partial charge in [-0.3, -0.25) is 4.99 Å². The number of nitrogens with zero attached hydrogens (tertiary/aromatic N) is 2. The number of hydrogen-bond acceptors (Lipinski definition) is 4. The molecule has 20 heavy (non-hydrogen) atoms. The summed E-state index contributed by atoms with van der Waals surface area (Å²) in [6.45, 7) is 9.19. The monoisotopic (exact) mass is 275 g/mol. The fourth-order valence-corrected chi connectivity index (χ4v) is 3.02. The van der Waals surface area contributed by atoms with E-state index in [0.29, 0.717) is 12.5 Å². The van der Waals surface area contributed by atoms with Crippen molar-refractivity contribution in [2.24, 2.45) is 10.7 Å². The highest BCUT2D eigenvalue weighted by Gasteiger charge is 2.43. The molecule has 0 saturated heterocycles. The first kappa shape index (κ1) is 14.9. The summed E-state index contributed by atoms with van der Waals surface area (Å²) in [5, 5.41) is 0. The number of methoxy groups -OCH3 is 1. The van der Waals surface area contributed by atoms with Gasteiger partial charge in [-0.2, -0.15) is 0 Å². The number of aliphatic imine (C=N–C) groups is 1. The van der Waals surface area contributed by atoms with Gasteiger partial charge >= 0.3 is 0 Å². The van der Waals surface area contributed by atoms with Gasteiger partial charge in [0.15, 0.2) is 5.96 Å². The SMILES string of the molecule is COC(C)(C)CC1(C)CN=C(N)N1c1ccccc1C. The topological polar surface area (TPSA) is 50.9 Å². The predicted molar refractivity (Wildman–Crippen MR) is 84.3 cm³/mol. The van der Waals surface area contributed by atoms with Crippen LogP contribution in [0.5, 0.6) is 0 Å². The van der Waals surface area contributed by atoms with Crippen LogP contribution in [0.25, 0.3) is 0 Å². The number of hydrogen-bond donors (Lipinski definition) is 1. The second-order valence-electron chi connectivity index (χ2n) is 6.43.